The Labute approximate surface area is 227 Å². The summed E-state index contributed by atoms with van der Waals surface area (Å²) in [5.41, 5.74) is 0.725. The molecule has 4 aromatic carbocycles. The predicted molar refractivity (Wildman–Crippen MR) is 145 cm³/mol. The number of benzene rings is 4. The van der Waals surface area contributed by atoms with Crippen LogP contribution in [0.3, 0.4) is 0 Å². The van der Waals surface area contributed by atoms with Gasteiger partial charge in [0.2, 0.25) is 11.8 Å². The molecule has 9 heteroatoms. The molecule has 4 nitrogen and oxygen atoms in total. The summed E-state index contributed by atoms with van der Waals surface area (Å²) in [6, 6.07) is 27.6. The van der Waals surface area contributed by atoms with E-state index in [1.807, 2.05) is 0 Å². The molecule has 1 unspecified atom stereocenters. The maximum Gasteiger partial charge on any atom is 0.418 e. The van der Waals surface area contributed by atoms with Crippen LogP contribution in [0.4, 0.5) is 24.5 Å². The zero-order valence-corrected chi connectivity index (χ0v) is 21.4. The molecule has 4 aromatic rings. The average molecular weight is 555 g/mol. The highest BCUT2D eigenvalue weighted by atomic mass is 35.5. The average Bonchev–Trinajstić information content (AvgIpc) is 2.89. The summed E-state index contributed by atoms with van der Waals surface area (Å²) in [7, 11) is 0. The molecule has 38 heavy (non-hydrogen) atoms. The normalized spacial score (nSPS) is 12.0. The molecular weight excluding hydrogens is 533 g/mol. The number of carbonyl (C=O) groups is 2. The summed E-state index contributed by atoms with van der Waals surface area (Å²) in [5.74, 6) is -0.828. The van der Waals surface area contributed by atoms with Gasteiger partial charge in [0.15, 0.2) is 0 Å². The molecule has 0 bridgehead atoms. The van der Waals surface area contributed by atoms with E-state index in [4.69, 9.17) is 11.6 Å². The van der Waals surface area contributed by atoms with Crippen molar-refractivity contribution in [2.24, 2.45) is 0 Å². The second kappa shape index (κ2) is 12.2. The first-order valence-corrected chi connectivity index (χ1v) is 12.8. The van der Waals surface area contributed by atoms with Gasteiger partial charge in [-0.05, 0) is 53.6 Å². The third kappa shape index (κ3) is 7.40. The maximum atomic E-state index is 13.5. The van der Waals surface area contributed by atoms with Crippen molar-refractivity contribution < 1.29 is 22.8 Å². The molecule has 1 atom stereocenters. The maximum absolute atomic E-state index is 13.5. The fourth-order valence-corrected chi connectivity index (χ4v) is 4.92. The van der Waals surface area contributed by atoms with Crippen LogP contribution < -0.4 is 10.6 Å². The van der Waals surface area contributed by atoms with Gasteiger partial charge in [0.1, 0.15) is 5.25 Å². The van der Waals surface area contributed by atoms with Crippen LogP contribution >= 0.6 is 23.4 Å². The van der Waals surface area contributed by atoms with Gasteiger partial charge in [-0.2, -0.15) is 13.2 Å². The highest BCUT2D eigenvalue weighted by Crippen LogP contribution is 2.39. The zero-order valence-electron chi connectivity index (χ0n) is 19.8. The molecule has 194 valence electrons. The third-order valence-corrected chi connectivity index (χ3v) is 6.98. The summed E-state index contributed by atoms with van der Waals surface area (Å²) in [6.07, 6.45) is -4.46. The molecule has 0 aliphatic carbocycles. The number of amides is 2. The van der Waals surface area contributed by atoms with E-state index in [1.54, 1.807) is 78.9 Å². The molecule has 0 fully saturated rings. The Kier molecular flexibility index (Phi) is 8.76. The van der Waals surface area contributed by atoms with Gasteiger partial charge in [-0.15, -0.1) is 11.8 Å². The van der Waals surface area contributed by atoms with Crippen LogP contribution in [0.1, 0.15) is 21.9 Å². The Morgan fingerprint density at radius 2 is 1.50 bits per heavy atom. The molecule has 0 saturated heterocycles. The summed E-state index contributed by atoms with van der Waals surface area (Å²) < 4.78 is 40.4. The lowest BCUT2D eigenvalue weighted by Crippen LogP contribution is -2.21. The fraction of sp³-hybridized carbons (Fsp3) is 0.103. The summed E-state index contributed by atoms with van der Waals surface area (Å²) in [4.78, 5) is 26.5. The molecule has 0 aliphatic rings. The molecular formula is C29H22ClF3N2O2S. The summed E-state index contributed by atoms with van der Waals surface area (Å²) in [5, 5.41) is 5.03. The van der Waals surface area contributed by atoms with Crippen LogP contribution in [0.25, 0.3) is 0 Å². The zero-order chi connectivity index (χ0) is 27.1. The highest BCUT2D eigenvalue weighted by Gasteiger charge is 2.34. The van der Waals surface area contributed by atoms with Gasteiger partial charge in [-0.25, -0.2) is 0 Å². The quantitative estimate of drug-likeness (QED) is 0.217. The van der Waals surface area contributed by atoms with E-state index in [2.05, 4.69) is 10.6 Å². The number of hydrogen-bond donors (Lipinski definition) is 2. The number of carbonyl (C=O) groups excluding carboxylic acids is 2. The van der Waals surface area contributed by atoms with E-state index in [9.17, 15) is 22.8 Å². The van der Waals surface area contributed by atoms with Crippen molar-refractivity contribution in [1.82, 2.24) is 0 Å². The first kappa shape index (κ1) is 27.3. The first-order valence-electron chi connectivity index (χ1n) is 11.5. The molecule has 2 amide bonds. The monoisotopic (exact) mass is 554 g/mol. The predicted octanol–water partition coefficient (Wildman–Crippen LogP) is 8.01. The van der Waals surface area contributed by atoms with Gasteiger partial charge in [0.05, 0.1) is 17.7 Å². The number of halogens is 4. The van der Waals surface area contributed by atoms with E-state index in [0.29, 0.717) is 21.2 Å². The van der Waals surface area contributed by atoms with Gasteiger partial charge >= 0.3 is 6.18 Å². The van der Waals surface area contributed by atoms with Crippen LogP contribution in [-0.4, -0.2) is 11.8 Å². The van der Waals surface area contributed by atoms with Crippen LogP contribution in [0, 0.1) is 0 Å². The Bertz CT molecular complexity index is 1410. The lowest BCUT2D eigenvalue weighted by molar-refractivity contribution is -0.137. The van der Waals surface area contributed by atoms with Crippen molar-refractivity contribution in [2.45, 2.75) is 22.7 Å². The van der Waals surface area contributed by atoms with Gasteiger partial charge < -0.3 is 10.6 Å². The largest absolute Gasteiger partial charge is 0.418 e. The molecule has 0 radical (unpaired) electrons. The molecule has 0 spiro atoms. The topological polar surface area (TPSA) is 58.2 Å². The van der Waals surface area contributed by atoms with Crippen LogP contribution in [0.15, 0.2) is 108 Å². The minimum atomic E-state index is -4.61. The van der Waals surface area contributed by atoms with Crippen molar-refractivity contribution in [3.63, 3.8) is 0 Å². The van der Waals surface area contributed by atoms with Gasteiger partial charge in [-0.3, -0.25) is 9.59 Å². The standard InChI is InChI=1S/C29H22ClF3N2O2S/c30-21-15-13-19(14-16-21)17-26(36)34-22-9-6-10-23(18-22)38-27(20-7-2-1-3-8-20)28(37)35-25-12-5-4-11-24(25)29(31,32)33/h1-16,18,27H,17H2,(H,34,36)(H,35,37). The minimum absolute atomic E-state index is 0.155. The van der Waals surface area contributed by atoms with Crippen molar-refractivity contribution in [3.05, 3.63) is 125 Å². The number of alkyl halides is 3. The summed E-state index contributed by atoms with van der Waals surface area (Å²) >= 11 is 7.07. The number of nitrogens with one attached hydrogen (secondary N) is 2. The van der Waals surface area contributed by atoms with Crippen LogP contribution in [-0.2, 0) is 22.2 Å². The summed E-state index contributed by atoms with van der Waals surface area (Å²) in [6.45, 7) is 0. The van der Waals surface area contributed by atoms with E-state index >= 15 is 0 Å². The number of hydrogen-bond acceptors (Lipinski definition) is 3. The smallest absolute Gasteiger partial charge is 0.326 e. The molecule has 0 saturated carbocycles. The number of thioether (sulfide) groups is 1. The molecule has 2 N–H and O–H groups in total. The highest BCUT2D eigenvalue weighted by molar-refractivity contribution is 8.00. The number of rotatable bonds is 8. The number of anilines is 2. The molecule has 0 heterocycles. The minimum Gasteiger partial charge on any atom is -0.326 e. The Morgan fingerprint density at radius 3 is 2.21 bits per heavy atom. The van der Waals surface area contributed by atoms with E-state index in [1.165, 1.54) is 30.0 Å². The van der Waals surface area contributed by atoms with Gasteiger partial charge in [0.25, 0.3) is 0 Å². The fourth-order valence-electron chi connectivity index (χ4n) is 3.71. The third-order valence-electron chi connectivity index (χ3n) is 5.48. The Morgan fingerprint density at radius 1 is 0.816 bits per heavy atom. The van der Waals surface area contributed by atoms with E-state index in [0.717, 1.165) is 11.6 Å². The first-order chi connectivity index (χ1) is 18.2. The van der Waals surface area contributed by atoms with Crippen molar-refractivity contribution in [1.29, 1.82) is 0 Å². The Hall–Kier alpha value is -3.75. The van der Waals surface area contributed by atoms with Crippen LogP contribution in [0.2, 0.25) is 5.02 Å². The Balaban J connectivity index is 1.52. The lowest BCUT2D eigenvalue weighted by atomic mass is 10.1. The van der Waals surface area contributed by atoms with Gasteiger partial charge in [-0.1, -0.05) is 72.3 Å². The second-order valence-electron chi connectivity index (χ2n) is 8.32. The molecule has 0 aliphatic heterocycles. The molecule has 0 aromatic heterocycles. The van der Waals surface area contributed by atoms with Crippen molar-refractivity contribution in [2.75, 3.05) is 10.6 Å². The second-order valence-corrected chi connectivity index (χ2v) is 9.94. The van der Waals surface area contributed by atoms with E-state index in [-0.39, 0.29) is 18.0 Å². The SMILES string of the molecule is O=C(Cc1ccc(Cl)cc1)Nc1cccc(SC(C(=O)Nc2ccccc2C(F)(F)F)c2ccccc2)c1. The van der Waals surface area contributed by atoms with Crippen molar-refractivity contribution >= 4 is 46.6 Å². The molecule has 4 rings (SSSR count). The van der Waals surface area contributed by atoms with E-state index < -0.39 is 22.9 Å². The van der Waals surface area contributed by atoms with Crippen molar-refractivity contribution in [3.8, 4) is 0 Å². The lowest BCUT2D eigenvalue weighted by Gasteiger charge is -2.19. The van der Waals surface area contributed by atoms with Crippen LogP contribution in [0.5, 0.6) is 0 Å². The number of para-hydroxylation sites is 1. The van der Waals surface area contributed by atoms with Gasteiger partial charge in [0, 0.05) is 15.6 Å².